The number of hydrogen-bond acceptors (Lipinski definition) is 1. The molecule has 0 radical (unpaired) electrons. The van der Waals surface area contributed by atoms with Gasteiger partial charge in [0.15, 0.2) is 0 Å². The molecule has 2 aromatic carbocycles. The summed E-state index contributed by atoms with van der Waals surface area (Å²) in [5.41, 5.74) is 2.87. The zero-order valence-electron chi connectivity index (χ0n) is 10.0. The summed E-state index contributed by atoms with van der Waals surface area (Å²) in [5, 5.41) is 0. The molecule has 88 valence electrons. The van der Waals surface area contributed by atoms with Gasteiger partial charge in [0.2, 0.25) is 0 Å². The normalized spacial score (nSPS) is 9.39. The van der Waals surface area contributed by atoms with Gasteiger partial charge in [-0.25, -0.2) is 0 Å². The predicted octanol–water partition coefficient (Wildman–Crippen LogP) is 2.85. The molecule has 0 saturated heterocycles. The van der Waals surface area contributed by atoms with Crippen molar-refractivity contribution in [1.29, 1.82) is 0 Å². The Morgan fingerprint density at radius 1 is 1.00 bits per heavy atom. The van der Waals surface area contributed by atoms with E-state index in [2.05, 4.69) is 10.7 Å². The van der Waals surface area contributed by atoms with E-state index in [4.69, 9.17) is 0 Å². The van der Waals surface area contributed by atoms with E-state index in [1.54, 1.807) is 0 Å². The van der Waals surface area contributed by atoms with E-state index in [0.717, 1.165) is 16.7 Å². The van der Waals surface area contributed by atoms with E-state index >= 15 is 0 Å². The third-order valence-electron chi connectivity index (χ3n) is 2.40. The molecule has 2 rings (SSSR count). The molecule has 0 bridgehead atoms. The van der Waals surface area contributed by atoms with E-state index in [-0.39, 0.29) is 19.6 Å². The van der Waals surface area contributed by atoms with Crippen molar-refractivity contribution in [3.63, 3.8) is 0 Å². The average molecular weight is 299 g/mol. The summed E-state index contributed by atoms with van der Waals surface area (Å²) in [6.07, 6.45) is 0. The number of carbonyl (C=O) groups excluding carboxylic acids is 1. The Kier molecular flexibility index (Phi) is 4.36. The van der Waals surface area contributed by atoms with Gasteiger partial charge in [-0.15, -0.1) is 0 Å². The van der Waals surface area contributed by atoms with Crippen molar-refractivity contribution in [3.05, 3.63) is 71.3 Å². The summed E-state index contributed by atoms with van der Waals surface area (Å²) in [4.78, 5) is 14.8. The van der Waals surface area contributed by atoms with Crippen LogP contribution in [0, 0.1) is 17.7 Å². The molecule has 0 spiro atoms. The van der Waals surface area contributed by atoms with Gasteiger partial charge in [0.05, 0.1) is 0 Å². The van der Waals surface area contributed by atoms with Crippen molar-refractivity contribution in [2.75, 3.05) is 0 Å². The molecule has 0 fully saturated rings. The van der Waals surface area contributed by atoms with E-state index in [1.807, 2.05) is 61.5 Å². The van der Waals surface area contributed by atoms with Crippen molar-refractivity contribution < 1.29 is 4.79 Å². The molecule has 18 heavy (non-hydrogen) atoms. The van der Waals surface area contributed by atoms with Crippen molar-refractivity contribution in [2.24, 2.45) is 0 Å². The van der Waals surface area contributed by atoms with Gasteiger partial charge in [-0.3, -0.25) is 0 Å². The quantitative estimate of drug-likeness (QED) is 0.615. The van der Waals surface area contributed by atoms with E-state index < -0.39 is 0 Å². The van der Waals surface area contributed by atoms with Crippen molar-refractivity contribution in [1.82, 2.24) is 0 Å². The molecule has 0 aliphatic carbocycles. The first kappa shape index (κ1) is 12.6. The molecule has 0 saturated carbocycles. The summed E-state index contributed by atoms with van der Waals surface area (Å²) in [5.74, 6) is 3.01. The van der Waals surface area contributed by atoms with E-state index in [1.165, 1.54) is 0 Å². The van der Waals surface area contributed by atoms with Gasteiger partial charge >= 0.3 is 113 Å². The van der Waals surface area contributed by atoms with Crippen LogP contribution in [0.25, 0.3) is 0 Å². The fraction of sp³-hybridized carbons (Fsp3) is 0.0625. The summed E-state index contributed by atoms with van der Waals surface area (Å²) < 4.78 is 0.130. The minimum atomic E-state index is -0.314. The van der Waals surface area contributed by atoms with Crippen LogP contribution in [-0.2, 0) is 0 Å². The van der Waals surface area contributed by atoms with E-state index in [0.29, 0.717) is 0 Å². The van der Waals surface area contributed by atoms with Crippen LogP contribution in [-0.4, -0.2) is 19.6 Å². The summed E-state index contributed by atoms with van der Waals surface area (Å²) >= 11 is -0.314. The van der Waals surface area contributed by atoms with Crippen LogP contribution in [0.3, 0.4) is 0 Å². The Balaban J connectivity index is 2.01. The first-order chi connectivity index (χ1) is 8.75. The SMILES string of the molecule is Cc1ccc(C(=O)[Se]C#Cc2ccccc2)cc1. The molecule has 0 aliphatic heterocycles. The zero-order valence-corrected chi connectivity index (χ0v) is 11.7. The standard InChI is InChI=1S/C16H12OSe/c1-13-7-9-15(10-8-13)16(17)18-12-11-14-5-3-2-4-6-14/h2-10H,1H3. The minimum absolute atomic E-state index is 0.130. The first-order valence-electron chi connectivity index (χ1n) is 5.59. The van der Waals surface area contributed by atoms with Crippen molar-refractivity contribution in [3.8, 4) is 10.7 Å². The van der Waals surface area contributed by atoms with Crippen LogP contribution >= 0.6 is 0 Å². The number of aryl methyl sites for hydroxylation is 1. The second-order valence-electron chi connectivity index (χ2n) is 3.85. The molecule has 2 heteroatoms. The molecule has 0 aromatic heterocycles. The first-order valence-corrected chi connectivity index (χ1v) is 7.31. The Labute approximate surface area is 113 Å². The van der Waals surface area contributed by atoms with Gasteiger partial charge in [-0.2, -0.15) is 0 Å². The van der Waals surface area contributed by atoms with Gasteiger partial charge in [-0.05, 0) is 0 Å². The van der Waals surface area contributed by atoms with Crippen molar-refractivity contribution in [2.45, 2.75) is 6.92 Å². The number of benzene rings is 2. The van der Waals surface area contributed by atoms with Crippen LogP contribution in [0.5, 0.6) is 0 Å². The molecule has 1 nitrogen and oxygen atoms in total. The molecule has 2 aromatic rings. The number of carbonyl (C=O) groups is 1. The van der Waals surface area contributed by atoms with Crippen LogP contribution in [0.2, 0.25) is 0 Å². The van der Waals surface area contributed by atoms with Crippen LogP contribution < -0.4 is 0 Å². The van der Waals surface area contributed by atoms with Crippen LogP contribution in [0.15, 0.2) is 54.6 Å². The van der Waals surface area contributed by atoms with Crippen molar-refractivity contribution >= 4 is 19.6 Å². The third kappa shape index (κ3) is 3.60. The van der Waals surface area contributed by atoms with Gasteiger partial charge in [0.1, 0.15) is 0 Å². The second kappa shape index (κ2) is 6.21. The van der Waals surface area contributed by atoms with Crippen LogP contribution in [0.4, 0.5) is 0 Å². The fourth-order valence-electron chi connectivity index (χ4n) is 1.40. The van der Waals surface area contributed by atoms with Gasteiger partial charge in [0.25, 0.3) is 0 Å². The molecule has 0 unspecified atom stereocenters. The molecule has 0 aliphatic rings. The third-order valence-corrected chi connectivity index (χ3v) is 3.71. The van der Waals surface area contributed by atoms with Gasteiger partial charge < -0.3 is 0 Å². The predicted molar refractivity (Wildman–Crippen MR) is 74.6 cm³/mol. The summed E-state index contributed by atoms with van der Waals surface area (Å²) in [7, 11) is 0. The summed E-state index contributed by atoms with van der Waals surface area (Å²) in [6.45, 7) is 2.01. The molecule has 0 amide bonds. The molecule has 0 N–H and O–H groups in total. The maximum atomic E-state index is 11.9. The van der Waals surface area contributed by atoms with Crippen LogP contribution in [0.1, 0.15) is 21.5 Å². The van der Waals surface area contributed by atoms with Gasteiger partial charge in [0, 0.05) is 0 Å². The topological polar surface area (TPSA) is 17.1 Å². The number of rotatable bonds is 2. The summed E-state index contributed by atoms with van der Waals surface area (Å²) in [6, 6.07) is 17.4. The Hall–Kier alpha value is -1.81. The zero-order chi connectivity index (χ0) is 12.8. The Morgan fingerprint density at radius 3 is 2.33 bits per heavy atom. The maximum absolute atomic E-state index is 11.9. The molecule has 0 atom stereocenters. The monoisotopic (exact) mass is 300 g/mol. The molecular formula is C16H12OSe. The Morgan fingerprint density at radius 2 is 1.67 bits per heavy atom. The Bertz CT molecular complexity index is 588. The molecular weight excluding hydrogens is 287 g/mol. The second-order valence-corrected chi connectivity index (χ2v) is 5.48. The molecule has 0 heterocycles. The average Bonchev–Trinajstić information content (AvgIpc) is 2.40. The van der Waals surface area contributed by atoms with Gasteiger partial charge in [-0.1, -0.05) is 0 Å². The van der Waals surface area contributed by atoms with E-state index in [9.17, 15) is 4.79 Å². The fourth-order valence-corrected chi connectivity index (χ4v) is 2.48. The number of hydrogen-bond donors (Lipinski definition) is 0.